The zero-order valence-corrected chi connectivity index (χ0v) is 13.6. The van der Waals surface area contributed by atoms with E-state index in [0.29, 0.717) is 0 Å². The van der Waals surface area contributed by atoms with Crippen molar-refractivity contribution in [1.29, 1.82) is 0 Å². The van der Waals surface area contributed by atoms with E-state index >= 15 is 0 Å². The normalized spacial score (nSPS) is 13.6. The lowest BCUT2D eigenvalue weighted by atomic mass is 9.92. The van der Waals surface area contributed by atoms with Crippen molar-refractivity contribution in [3.63, 3.8) is 0 Å². The summed E-state index contributed by atoms with van der Waals surface area (Å²) >= 11 is 6.07. The molecule has 8 heteroatoms. The molecule has 1 aliphatic rings. The van der Waals surface area contributed by atoms with Crippen molar-refractivity contribution in [3.8, 4) is 0 Å². The van der Waals surface area contributed by atoms with E-state index in [1.807, 2.05) is 0 Å². The molecule has 0 spiro atoms. The molecule has 1 aromatic carbocycles. The molecule has 1 aromatic heterocycles. The zero-order valence-electron chi connectivity index (χ0n) is 12.8. The van der Waals surface area contributed by atoms with Crippen LogP contribution in [0.3, 0.4) is 0 Å². The van der Waals surface area contributed by atoms with Gasteiger partial charge in [0.25, 0.3) is 5.56 Å². The Hall–Kier alpha value is -3.19. The maximum Gasteiger partial charge on any atom is 0.330 e. The topological polar surface area (TPSA) is 101 Å². The standard InChI is InChI=1S/C17H12ClN3O4/c1-2-7-21-11(8-12(22)20-17(21)25)19-14-13(18)15(23)9-5-3-4-6-10(9)16(14)24/h2-6,8,19H,1,7H2,(H,20,22,25). The van der Waals surface area contributed by atoms with Gasteiger partial charge in [0.1, 0.15) is 16.5 Å². The molecule has 1 aliphatic carbocycles. The average Bonchev–Trinajstić information content (AvgIpc) is 2.59. The van der Waals surface area contributed by atoms with E-state index in [9.17, 15) is 19.2 Å². The molecule has 0 unspecified atom stereocenters. The lowest BCUT2D eigenvalue weighted by molar-refractivity contribution is 0.0982. The van der Waals surface area contributed by atoms with Crippen LogP contribution in [0.5, 0.6) is 0 Å². The van der Waals surface area contributed by atoms with Gasteiger partial charge in [-0.1, -0.05) is 41.9 Å². The first-order chi connectivity index (χ1) is 11.9. The molecular weight excluding hydrogens is 346 g/mol. The summed E-state index contributed by atoms with van der Waals surface area (Å²) in [6, 6.07) is 7.37. The zero-order chi connectivity index (χ0) is 18.1. The van der Waals surface area contributed by atoms with Crippen LogP contribution in [-0.4, -0.2) is 21.1 Å². The second kappa shape index (κ2) is 6.37. The molecule has 0 saturated carbocycles. The van der Waals surface area contributed by atoms with Crippen LogP contribution in [0.4, 0.5) is 5.82 Å². The van der Waals surface area contributed by atoms with Crippen molar-refractivity contribution in [2.45, 2.75) is 6.54 Å². The molecule has 1 heterocycles. The van der Waals surface area contributed by atoms with Crippen LogP contribution in [0.25, 0.3) is 0 Å². The smallest absolute Gasteiger partial charge is 0.330 e. The number of anilines is 1. The number of rotatable bonds is 4. The first-order valence-electron chi connectivity index (χ1n) is 7.24. The van der Waals surface area contributed by atoms with Crippen molar-refractivity contribution in [3.05, 3.63) is 85.7 Å². The number of aromatic amines is 1. The van der Waals surface area contributed by atoms with Gasteiger partial charge in [0.05, 0.1) is 0 Å². The Morgan fingerprint density at radius 2 is 1.76 bits per heavy atom. The van der Waals surface area contributed by atoms with Gasteiger partial charge in [-0.15, -0.1) is 6.58 Å². The van der Waals surface area contributed by atoms with Crippen LogP contribution in [0, 0.1) is 0 Å². The lowest BCUT2D eigenvalue weighted by Crippen LogP contribution is -2.33. The van der Waals surface area contributed by atoms with Gasteiger partial charge in [-0.05, 0) is 0 Å². The van der Waals surface area contributed by atoms with Crippen molar-refractivity contribution >= 4 is 29.0 Å². The molecule has 0 radical (unpaired) electrons. The van der Waals surface area contributed by atoms with Gasteiger partial charge in [-0.25, -0.2) is 4.79 Å². The number of hydrogen-bond acceptors (Lipinski definition) is 5. The van der Waals surface area contributed by atoms with Crippen LogP contribution in [0.15, 0.2) is 63.3 Å². The minimum atomic E-state index is -0.679. The molecule has 0 fully saturated rings. The van der Waals surface area contributed by atoms with Crippen LogP contribution in [-0.2, 0) is 6.54 Å². The number of aromatic nitrogens is 2. The molecule has 0 amide bonds. The first-order valence-corrected chi connectivity index (χ1v) is 7.62. The van der Waals surface area contributed by atoms with Crippen LogP contribution in [0.1, 0.15) is 20.7 Å². The summed E-state index contributed by atoms with van der Waals surface area (Å²) in [7, 11) is 0. The summed E-state index contributed by atoms with van der Waals surface area (Å²) in [4.78, 5) is 50.7. The summed E-state index contributed by atoms with van der Waals surface area (Å²) < 4.78 is 1.16. The number of carbonyl (C=O) groups is 2. The largest absolute Gasteiger partial charge is 0.337 e. The highest BCUT2D eigenvalue weighted by Crippen LogP contribution is 2.28. The van der Waals surface area contributed by atoms with Crippen LogP contribution >= 0.6 is 11.6 Å². The molecule has 2 N–H and O–H groups in total. The number of allylic oxidation sites excluding steroid dienone is 3. The highest BCUT2D eigenvalue weighted by molar-refractivity contribution is 6.50. The van der Waals surface area contributed by atoms with Crippen molar-refractivity contribution in [1.82, 2.24) is 9.55 Å². The summed E-state index contributed by atoms with van der Waals surface area (Å²) in [5.74, 6) is -0.984. The van der Waals surface area contributed by atoms with Gasteiger partial charge >= 0.3 is 5.69 Å². The Bertz CT molecular complexity index is 1060. The van der Waals surface area contributed by atoms with E-state index in [0.717, 1.165) is 10.6 Å². The highest BCUT2D eigenvalue weighted by Gasteiger charge is 2.31. The average molecular weight is 358 g/mol. The number of ketones is 2. The fourth-order valence-corrected chi connectivity index (χ4v) is 2.75. The molecule has 7 nitrogen and oxygen atoms in total. The van der Waals surface area contributed by atoms with E-state index in [1.165, 1.54) is 18.2 Å². The van der Waals surface area contributed by atoms with Crippen LogP contribution < -0.4 is 16.6 Å². The number of halogens is 1. The Kier molecular flexibility index (Phi) is 4.24. The molecule has 25 heavy (non-hydrogen) atoms. The fraction of sp³-hybridized carbons (Fsp3) is 0.0588. The van der Waals surface area contributed by atoms with E-state index < -0.39 is 22.8 Å². The SMILES string of the molecule is C=CCn1c(NC2=C(Cl)C(=O)c3ccccc3C2=O)cc(=O)[nH]c1=O. The molecule has 2 aromatic rings. The molecular formula is C17H12ClN3O4. The quantitative estimate of drug-likeness (QED) is 0.810. The minimum Gasteiger partial charge on any atom is -0.337 e. The van der Waals surface area contributed by atoms with Crippen molar-refractivity contribution in [2.75, 3.05) is 5.32 Å². The van der Waals surface area contributed by atoms with Gasteiger partial charge in [-0.3, -0.25) is 23.9 Å². The summed E-state index contributed by atoms with van der Waals surface area (Å²) in [5.41, 5.74) is -1.12. The number of carbonyl (C=O) groups excluding carboxylic acids is 2. The number of nitrogens with one attached hydrogen (secondary N) is 2. The molecule has 0 aliphatic heterocycles. The fourth-order valence-electron chi connectivity index (χ4n) is 2.52. The van der Waals surface area contributed by atoms with Gasteiger partial charge in [0, 0.05) is 23.7 Å². The van der Waals surface area contributed by atoms with Gasteiger partial charge in [0.15, 0.2) is 0 Å². The van der Waals surface area contributed by atoms with Crippen molar-refractivity contribution < 1.29 is 9.59 Å². The number of hydrogen-bond donors (Lipinski definition) is 2. The maximum absolute atomic E-state index is 12.7. The molecule has 0 bridgehead atoms. The van der Waals surface area contributed by atoms with Crippen LogP contribution in [0.2, 0.25) is 0 Å². The maximum atomic E-state index is 12.7. The second-order valence-corrected chi connectivity index (χ2v) is 5.62. The predicted octanol–water partition coefficient (Wildman–Crippen LogP) is 1.66. The Labute approximate surface area is 146 Å². The third-order valence-electron chi connectivity index (χ3n) is 3.66. The van der Waals surface area contributed by atoms with Gasteiger partial charge in [0.2, 0.25) is 11.6 Å². The molecule has 0 atom stereocenters. The Morgan fingerprint density at radius 1 is 1.12 bits per heavy atom. The molecule has 3 rings (SSSR count). The predicted molar refractivity (Wildman–Crippen MR) is 93.1 cm³/mol. The van der Waals surface area contributed by atoms with Crippen molar-refractivity contribution in [2.24, 2.45) is 0 Å². The highest BCUT2D eigenvalue weighted by atomic mass is 35.5. The first kappa shape index (κ1) is 16.7. The molecule has 0 saturated heterocycles. The van der Waals surface area contributed by atoms with Gasteiger partial charge in [-0.2, -0.15) is 0 Å². The Balaban J connectivity index is 2.13. The van der Waals surface area contributed by atoms with Gasteiger partial charge < -0.3 is 5.32 Å². The summed E-state index contributed by atoms with van der Waals surface area (Å²) in [6.45, 7) is 3.63. The number of fused-ring (bicyclic) bond motifs is 1. The minimum absolute atomic E-state index is 0.0299. The van der Waals surface area contributed by atoms with E-state index in [1.54, 1.807) is 12.1 Å². The summed E-state index contributed by atoms with van der Waals surface area (Å²) in [6.07, 6.45) is 1.45. The second-order valence-electron chi connectivity index (χ2n) is 5.24. The number of Topliss-reactive ketones (excluding diaryl/α,β-unsaturated/α-hetero) is 2. The Morgan fingerprint density at radius 3 is 2.40 bits per heavy atom. The third-order valence-corrected chi connectivity index (χ3v) is 4.02. The lowest BCUT2D eigenvalue weighted by Gasteiger charge is -2.20. The number of benzene rings is 1. The number of nitrogens with zero attached hydrogens (tertiary/aromatic N) is 1. The van der Waals surface area contributed by atoms with E-state index in [2.05, 4.69) is 16.9 Å². The monoisotopic (exact) mass is 357 g/mol. The van der Waals surface area contributed by atoms with E-state index in [-0.39, 0.29) is 34.2 Å². The number of H-pyrrole nitrogens is 1. The van der Waals surface area contributed by atoms with E-state index in [4.69, 9.17) is 11.6 Å². The summed E-state index contributed by atoms with van der Waals surface area (Å²) in [5, 5.41) is 2.36. The molecule has 126 valence electrons. The third kappa shape index (κ3) is 2.85.